The molecule has 2 aromatic carbocycles. The molecule has 0 aliphatic heterocycles. The Balaban J connectivity index is 1.52. The molecule has 154 valence electrons. The molecule has 1 fully saturated rings. The van der Waals surface area contributed by atoms with E-state index in [0.717, 1.165) is 11.1 Å². The molecule has 0 radical (unpaired) electrons. The zero-order chi connectivity index (χ0) is 20.5. The normalized spacial score (nSPS) is 14.6. The third-order valence-electron chi connectivity index (χ3n) is 4.82. The molecule has 1 aliphatic carbocycles. The SMILES string of the molecule is COc1cc(C=NNC(=S)NC2CCCCC2)ccc1OCc1ccc(Cl)cc1. The van der Waals surface area contributed by atoms with Gasteiger partial charge in [0.2, 0.25) is 0 Å². The van der Waals surface area contributed by atoms with Crippen LogP contribution in [0.25, 0.3) is 0 Å². The summed E-state index contributed by atoms with van der Waals surface area (Å²) < 4.78 is 11.3. The first-order valence-corrected chi connectivity index (χ1v) is 10.6. The van der Waals surface area contributed by atoms with Gasteiger partial charge in [-0.15, -0.1) is 0 Å². The maximum absolute atomic E-state index is 5.91. The summed E-state index contributed by atoms with van der Waals surface area (Å²) in [5.74, 6) is 1.31. The van der Waals surface area contributed by atoms with Crippen molar-refractivity contribution in [1.82, 2.24) is 10.7 Å². The molecule has 0 atom stereocenters. The maximum Gasteiger partial charge on any atom is 0.187 e. The van der Waals surface area contributed by atoms with Crippen LogP contribution in [0.2, 0.25) is 5.02 Å². The van der Waals surface area contributed by atoms with E-state index in [4.69, 9.17) is 33.3 Å². The highest BCUT2D eigenvalue weighted by Crippen LogP contribution is 2.28. The number of rotatable bonds is 7. The maximum atomic E-state index is 5.91. The minimum absolute atomic E-state index is 0.434. The van der Waals surface area contributed by atoms with Crippen LogP contribution in [-0.2, 0) is 6.61 Å². The van der Waals surface area contributed by atoms with Gasteiger partial charge in [0.15, 0.2) is 16.6 Å². The lowest BCUT2D eigenvalue weighted by Crippen LogP contribution is -2.40. The largest absolute Gasteiger partial charge is 0.493 e. The van der Waals surface area contributed by atoms with Crippen LogP contribution in [0.4, 0.5) is 0 Å². The molecule has 7 heteroatoms. The van der Waals surface area contributed by atoms with Crippen molar-refractivity contribution in [2.75, 3.05) is 7.11 Å². The fraction of sp³-hybridized carbons (Fsp3) is 0.364. The van der Waals surface area contributed by atoms with Gasteiger partial charge in [0.05, 0.1) is 13.3 Å². The Morgan fingerprint density at radius 2 is 1.90 bits per heavy atom. The fourth-order valence-electron chi connectivity index (χ4n) is 3.26. The number of hydrazone groups is 1. The summed E-state index contributed by atoms with van der Waals surface area (Å²) in [4.78, 5) is 0. The van der Waals surface area contributed by atoms with Crippen LogP contribution in [0.5, 0.6) is 11.5 Å². The molecule has 1 saturated carbocycles. The molecule has 5 nitrogen and oxygen atoms in total. The highest BCUT2D eigenvalue weighted by molar-refractivity contribution is 7.80. The number of ether oxygens (including phenoxy) is 2. The van der Waals surface area contributed by atoms with E-state index in [-0.39, 0.29) is 0 Å². The molecule has 0 saturated heterocycles. The summed E-state index contributed by atoms with van der Waals surface area (Å²) in [5.41, 5.74) is 4.80. The Hall–Kier alpha value is -2.31. The van der Waals surface area contributed by atoms with Crippen molar-refractivity contribution in [3.05, 3.63) is 58.6 Å². The van der Waals surface area contributed by atoms with Crippen molar-refractivity contribution < 1.29 is 9.47 Å². The first kappa shape index (κ1) is 21.4. The van der Waals surface area contributed by atoms with Crippen molar-refractivity contribution >= 4 is 35.1 Å². The van der Waals surface area contributed by atoms with Gasteiger partial charge in [0, 0.05) is 11.1 Å². The van der Waals surface area contributed by atoms with E-state index in [0.29, 0.717) is 34.3 Å². The standard InChI is InChI=1S/C22H26ClN3O2S/c1-27-21-13-17(14-24-26-22(29)25-19-5-3-2-4-6-19)9-12-20(21)28-15-16-7-10-18(23)11-8-16/h7-14,19H,2-6,15H2,1H3,(H2,25,26,29). The molecule has 29 heavy (non-hydrogen) atoms. The molecule has 0 amide bonds. The van der Waals surface area contributed by atoms with E-state index in [1.54, 1.807) is 13.3 Å². The average Bonchev–Trinajstić information content (AvgIpc) is 2.74. The van der Waals surface area contributed by atoms with E-state index >= 15 is 0 Å². The van der Waals surface area contributed by atoms with E-state index in [1.165, 1.54) is 32.1 Å². The Bertz CT molecular complexity index is 836. The molecule has 0 spiro atoms. The summed E-state index contributed by atoms with van der Waals surface area (Å²) in [6.45, 7) is 0.434. The van der Waals surface area contributed by atoms with Gasteiger partial charge in [-0.1, -0.05) is 43.0 Å². The lowest BCUT2D eigenvalue weighted by molar-refractivity contribution is 0.284. The van der Waals surface area contributed by atoms with Gasteiger partial charge in [-0.3, -0.25) is 5.43 Å². The number of hydrogen-bond donors (Lipinski definition) is 2. The van der Waals surface area contributed by atoms with Crippen molar-refractivity contribution in [1.29, 1.82) is 0 Å². The number of benzene rings is 2. The quantitative estimate of drug-likeness (QED) is 0.364. The second-order valence-corrected chi connectivity index (χ2v) is 7.85. The highest BCUT2D eigenvalue weighted by atomic mass is 35.5. The number of thiocarbonyl (C=S) groups is 1. The molecule has 0 bridgehead atoms. The minimum Gasteiger partial charge on any atom is -0.493 e. The molecule has 0 unspecified atom stereocenters. The van der Waals surface area contributed by atoms with Gasteiger partial charge in [0.1, 0.15) is 6.61 Å². The summed E-state index contributed by atoms with van der Waals surface area (Å²) in [6, 6.07) is 13.7. The van der Waals surface area contributed by atoms with E-state index in [1.807, 2.05) is 42.5 Å². The molecular formula is C22H26ClN3O2S. The lowest BCUT2D eigenvalue weighted by Gasteiger charge is -2.23. The fourth-order valence-corrected chi connectivity index (χ4v) is 3.60. The number of nitrogens with zero attached hydrogens (tertiary/aromatic N) is 1. The minimum atomic E-state index is 0.434. The molecule has 2 N–H and O–H groups in total. The number of nitrogens with one attached hydrogen (secondary N) is 2. The lowest BCUT2D eigenvalue weighted by atomic mass is 9.96. The summed E-state index contributed by atoms with van der Waals surface area (Å²) >= 11 is 11.2. The van der Waals surface area contributed by atoms with Gasteiger partial charge < -0.3 is 14.8 Å². The summed E-state index contributed by atoms with van der Waals surface area (Å²) in [5, 5.41) is 8.82. The smallest absolute Gasteiger partial charge is 0.187 e. The van der Waals surface area contributed by atoms with E-state index in [2.05, 4.69) is 15.8 Å². The van der Waals surface area contributed by atoms with Crippen LogP contribution in [0, 0.1) is 0 Å². The van der Waals surface area contributed by atoms with Crippen LogP contribution < -0.4 is 20.2 Å². The third kappa shape index (κ3) is 6.91. The van der Waals surface area contributed by atoms with Gasteiger partial charge in [0.25, 0.3) is 0 Å². The Kier molecular flexibility index (Phi) is 8.14. The van der Waals surface area contributed by atoms with Gasteiger partial charge in [-0.25, -0.2) is 0 Å². The highest BCUT2D eigenvalue weighted by Gasteiger charge is 2.13. The Morgan fingerprint density at radius 1 is 1.14 bits per heavy atom. The van der Waals surface area contributed by atoms with Crippen LogP contribution in [-0.4, -0.2) is 24.5 Å². The summed E-state index contributed by atoms with van der Waals surface area (Å²) in [6.07, 6.45) is 7.88. The number of halogens is 1. The zero-order valence-corrected chi connectivity index (χ0v) is 18.1. The first-order valence-electron chi connectivity index (χ1n) is 9.79. The molecule has 3 rings (SSSR count). The van der Waals surface area contributed by atoms with Crippen molar-refractivity contribution in [2.45, 2.75) is 44.8 Å². The Labute approximate surface area is 182 Å². The van der Waals surface area contributed by atoms with Crippen molar-refractivity contribution in [3.8, 4) is 11.5 Å². The van der Waals surface area contributed by atoms with Crippen LogP contribution >= 0.6 is 23.8 Å². The molecule has 1 aliphatic rings. The number of hydrogen-bond acceptors (Lipinski definition) is 4. The van der Waals surface area contributed by atoms with E-state index < -0.39 is 0 Å². The van der Waals surface area contributed by atoms with E-state index in [9.17, 15) is 0 Å². The first-order chi connectivity index (χ1) is 14.1. The molecule has 2 aromatic rings. The number of methoxy groups -OCH3 is 1. The second kappa shape index (κ2) is 11.0. The van der Waals surface area contributed by atoms with Gasteiger partial charge in [-0.2, -0.15) is 5.10 Å². The summed E-state index contributed by atoms with van der Waals surface area (Å²) in [7, 11) is 1.62. The van der Waals surface area contributed by atoms with Crippen LogP contribution in [0.1, 0.15) is 43.2 Å². The zero-order valence-electron chi connectivity index (χ0n) is 16.5. The van der Waals surface area contributed by atoms with Crippen molar-refractivity contribution in [3.63, 3.8) is 0 Å². The average molecular weight is 432 g/mol. The van der Waals surface area contributed by atoms with Gasteiger partial charge in [-0.05, 0) is 66.5 Å². The monoisotopic (exact) mass is 431 g/mol. The van der Waals surface area contributed by atoms with Gasteiger partial charge >= 0.3 is 0 Å². The predicted molar refractivity (Wildman–Crippen MR) is 122 cm³/mol. The topological polar surface area (TPSA) is 54.9 Å². The molecule has 0 heterocycles. The second-order valence-electron chi connectivity index (χ2n) is 7.00. The molecule has 0 aromatic heterocycles. The van der Waals surface area contributed by atoms with Crippen molar-refractivity contribution in [2.24, 2.45) is 5.10 Å². The van der Waals surface area contributed by atoms with Crippen LogP contribution in [0.3, 0.4) is 0 Å². The Morgan fingerprint density at radius 3 is 2.62 bits per heavy atom. The predicted octanol–water partition coefficient (Wildman–Crippen LogP) is 5.06. The van der Waals surface area contributed by atoms with Crippen LogP contribution in [0.15, 0.2) is 47.6 Å². The third-order valence-corrected chi connectivity index (χ3v) is 5.28. The molecular weight excluding hydrogens is 406 g/mol.